The number of hydrogen-bond acceptors (Lipinski definition) is 4. The van der Waals surface area contributed by atoms with Crippen LogP contribution in [0.2, 0.25) is 9.49 Å². The van der Waals surface area contributed by atoms with Crippen LogP contribution in [0.15, 0.2) is 42.5 Å². The molecule has 0 aliphatic heterocycles. The third-order valence-electron chi connectivity index (χ3n) is 2.92. The van der Waals surface area contributed by atoms with Crippen molar-refractivity contribution >= 4 is 56.5 Å². The van der Waals surface area contributed by atoms with Crippen molar-refractivity contribution in [2.45, 2.75) is 6.61 Å². The SMILES string of the molecule is O=C(Nc1ccc2nc(Cl)sc2c1Cl)OCc1ccccc1. The summed E-state index contributed by atoms with van der Waals surface area (Å²) in [4.78, 5) is 16.0. The molecule has 0 spiro atoms. The maximum Gasteiger partial charge on any atom is 0.412 e. The Bertz CT molecular complexity index is 821. The average molecular weight is 353 g/mol. The van der Waals surface area contributed by atoms with Gasteiger partial charge in [0, 0.05) is 0 Å². The Balaban J connectivity index is 1.70. The van der Waals surface area contributed by atoms with E-state index in [1.165, 1.54) is 11.3 Å². The van der Waals surface area contributed by atoms with Crippen LogP contribution in [0.1, 0.15) is 5.56 Å². The molecule has 2 aromatic carbocycles. The molecule has 0 bridgehead atoms. The lowest BCUT2D eigenvalue weighted by atomic mass is 10.2. The van der Waals surface area contributed by atoms with Crippen LogP contribution in [0.5, 0.6) is 0 Å². The predicted octanol–water partition coefficient (Wildman–Crippen LogP) is 5.35. The van der Waals surface area contributed by atoms with Gasteiger partial charge in [0.05, 0.1) is 20.9 Å². The average Bonchev–Trinajstić information content (AvgIpc) is 2.91. The molecule has 22 heavy (non-hydrogen) atoms. The molecule has 1 heterocycles. The van der Waals surface area contributed by atoms with E-state index in [0.29, 0.717) is 20.7 Å². The Morgan fingerprint density at radius 1 is 1.18 bits per heavy atom. The lowest BCUT2D eigenvalue weighted by Gasteiger charge is -2.08. The highest BCUT2D eigenvalue weighted by Gasteiger charge is 2.13. The molecule has 0 aliphatic rings. The van der Waals surface area contributed by atoms with Gasteiger partial charge in [-0.25, -0.2) is 9.78 Å². The number of benzene rings is 2. The van der Waals surface area contributed by atoms with Gasteiger partial charge in [-0.2, -0.15) is 0 Å². The zero-order valence-corrected chi connectivity index (χ0v) is 13.5. The van der Waals surface area contributed by atoms with Crippen molar-refractivity contribution in [3.63, 3.8) is 0 Å². The molecule has 0 aliphatic carbocycles. The fourth-order valence-electron chi connectivity index (χ4n) is 1.90. The minimum Gasteiger partial charge on any atom is -0.444 e. The van der Waals surface area contributed by atoms with Gasteiger partial charge in [-0.3, -0.25) is 5.32 Å². The first kappa shape index (κ1) is 15.1. The molecule has 0 saturated heterocycles. The summed E-state index contributed by atoms with van der Waals surface area (Å²) in [6, 6.07) is 12.8. The van der Waals surface area contributed by atoms with E-state index in [9.17, 15) is 4.79 Å². The van der Waals surface area contributed by atoms with Crippen molar-refractivity contribution < 1.29 is 9.53 Å². The van der Waals surface area contributed by atoms with Gasteiger partial charge in [-0.1, -0.05) is 53.5 Å². The lowest BCUT2D eigenvalue weighted by Crippen LogP contribution is -2.13. The number of carbonyl (C=O) groups excluding carboxylic acids is 1. The number of amides is 1. The van der Waals surface area contributed by atoms with E-state index in [1.54, 1.807) is 12.1 Å². The summed E-state index contributed by atoms with van der Waals surface area (Å²) < 4.78 is 6.29. The van der Waals surface area contributed by atoms with Crippen molar-refractivity contribution in [2.75, 3.05) is 5.32 Å². The van der Waals surface area contributed by atoms with Crippen molar-refractivity contribution in [1.29, 1.82) is 0 Å². The highest BCUT2D eigenvalue weighted by Crippen LogP contribution is 2.36. The molecule has 0 saturated carbocycles. The van der Waals surface area contributed by atoms with Crippen LogP contribution in [-0.2, 0) is 11.3 Å². The van der Waals surface area contributed by atoms with Gasteiger partial charge in [0.25, 0.3) is 0 Å². The number of hydrogen-bond donors (Lipinski definition) is 1. The molecular weight excluding hydrogens is 343 g/mol. The monoisotopic (exact) mass is 352 g/mol. The molecule has 4 nitrogen and oxygen atoms in total. The van der Waals surface area contributed by atoms with E-state index in [2.05, 4.69) is 10.3 Å². The van der Waals surface area contributed by atoms with Crippen LogP contribution in [0.25, 0.3) is 10.2 Å². The molecule has 3 rings (SSSR count). The molecule has 1 amide bonds. The first-order valence-corrected chi connectivity index (χ1v) is 7.93. The second-order valence-corrected chi connectivity index (χ2v) is 6.39. The topological polar surface area (TPSA) is 51.2 Å². The van der Waals surface area contributed by atoms with Crippen LogP contribution < -0.4 is 5.32 Å². The highest BCUT2D eigenvalue weighted by molar-refractivity contribution is 7.22. The number of halogens is 2. The van der Waals surface area contributed by atoms with Gasteiger partial charge in [0.1, 0.15) is 6.61 Å². The largest absolute Gasteiger partial charge is 0.444 e. The van der Waals surface area contributed by atoms with Gasteiger partial charge in [0.2, 0.25) is 0 Å². The van der Waals surface area contributed by atoms with Gasteiger partial charge < -0.3 is 4.74 Å². The number of thiazole rings is 1. The number of fused-ring (bicyclic) bond motifs is 1. The van der Waals surface area contributed by atoms with Crippen molar-refractivity contribution in [3.05, 3.63) is 57.5 Å². The van der Waals surface area contributed by atoms with Crippen molar-refractivity contribution in [2.24, 2.45) is 0 Å². The summed E-state index contributed by atoms with van der Waals surface area (Å²) in [6.45, 7) is 0.193. The lowest BCUT2D eigenvalue weighted by molar-refractivity contribution is 0.155. The summed E-state index contributed by atoms with van der Waals surface area (Å²) >= 11 is 13.4. The van der Waals surface area contributed by atoms with Crippen molar-refractivity contribution in [1.82, 2.24) is 4.98 Å². The molecule has 112 valence electrons. The van der Waals surface area contributed by atoms with E-state index in [-0.39, 0.29) is 6.61 Å². The fourth-order valence-corrected chi connectivity index (χ4v) is 3.27. The Kier molecular flexibility index (Phi) is 4.47. The normalized spacial score (nSPS) is 10.6. The van der Waals surface area contributed by atoms with E-state index in [4.69, 9.17) is 27.9 Å². The minimum absolute atomic E-state index is 0.193. The zero-order chi connectivity index (χ0) is 15.5. The van der Waals surface area contributed by atoms with Gasteiger partial charge in [-0.05, 0) is 17.7 Å². The van der Waals surface area contributed by atoms with Crippen LogP contribution in [0.3, 0.4) is 0 Å². The van der Waals surface area contributed by atoms with Crippen LogP contribution in [0.4, 0.5) is 10.5 Å². The molecule has 0 radical (unpaired) electrons. The molecule has 0 fully saturated rings. The molecule has 1 N–H and O–H groups in total. The zero-order valence-electron chi connectivity index (χ0n) is 11.2. The smallest absolute Gasteiger partial charge is 0.412 e. The van der Waals surface area contributed by atoms with Crippen molar-refractivity contribution in [3.8, 4) is 0 Å². The minimum atomic E-state index is -0.569. The molecular formula is C15H10Cl2N2O2S. The number of aromatic nitrogens is 1. The first-order valence-electron chi connectivity index (χ1n) is 6.36. The number of nitrogens with one attached hydrogen (secondary N) is 1. The second-order valence-electron chi connectivity index (χ2n) is 4.43. The summed E-state index contributed by atoms with van der Waals surface area (Å²) in [5.41, 5.74) is 2.07. The van der Waals surface area contributed by atoms with E-state index in [0.717, 1.165) is 10.3 Å². The summed E-state index contributed by atoms with van der Waals surface area (Å²) in [7, 11) is 0. The number of ether oxygens (including phenoxy) is 1. The summed E-state index contributed by atoms with van der Waals surface area (Å²) in [5.74, 6) is 0. The number of anilines is 1. The van der Waals surface area contributed by atoms with Gasteiger partial charge in [-0.15, -0.1) is 11.3 Å². The maximum atomic E-state index is 11.8. The van der Waals surface area contributed by atoms with Crippen LogP contribution in [0, 0.1) is 0 Å². The third-order valence-corrected chi connectivity index (χ3v) is 4.62. The first-order chi connectivity index (χ1) is 10.6. The summed E-state index contributed by atoms with van der Waals surface area (Å²) in [6.07, 6.45) is -0.569. The van der Waals surface area contributed by atoms with E-state index < -0.39 is 6.09 Å². The molecule has 7 heteroatoms. The molecule has 0 atom stereocenters. The summed E-state index contributed by atoms with van der Waals surface area (Å²) in [5, 5.41) is 3.03. The third kappa shape index (κ3) is 3.32. The standard InChI is InChI=1S/C15H10Cl2N2O2S/c16-12-10(6-7-11-13(12)22-14(17)18-11)19-15(20)21-8-9-4-2-1-3-5-9/h1-7H,8H2,(H,19,20). The Morgan fingerprint density at radius 2 is 1.95 bits per heavy atom. The van der Waals surface area contributed by atoms with Gasteiger partial charge >= 0.3 is 6.09 Å². The highest BCUT2D eigenvalue weighted by atomic mass is 35.5. The molecule has 1 aromatic heterocycles. The quantitative estimate of drug-likeness (QED) is 0.690. The van der Waals surface area contributed by atoms with E-state index >= 15 is 0 Å². The fraction of sp³-hybridized carbons (Fsp3) is 0.0667. The number of carbonyl (C=O) groups is 1. The van der Waals surface area contributed by atoms with Crippen LogP contribution in [-0.4, -0.2) is 11.1 Å². The Hall–Kier alpha value is -1.82. The molecule has 3 aromatic rings. The van der Waals surface area contributed by atoms with Crippen LogP contribution >= 0.6 is 34.5 Å². The Labute approximate surface area is 140 Å². The number of nitrogens with zero attached hydrogens (tertiary/aromatic N) is 1. The maximum absolute atomic E-state index is 11.8. The second kappa shape index (κ2) is 6.52. The predicted molar refractivity (Wildman–Crippen MR) is 89.9 cm³/mol. The molecule has 0 unspecified atom stereocenters. The number of rotatable bonds is 3. The van der Waals surface area contributed by atoms with E-state index in [1.807, 2.05) is 30.3 Å². The van der Waals surface area contributed by atoms with Gasteiger partial charge in [0.15, 0.2) is 4.47 Å². The Morgan fingerprint density at radius 3 is 2.73 bits per heavy atom.